The van der Waals surface area contributed by atoms with Crippen LogP contribution in [0.4, 0.5) is 0 Å². The van der Waals surface area contributed by atoms with Crippen LogP contribution in [0.2, 0.25) is 0 Å². The number of amides is 1. The Hall–Kier alpha value is -3.73. The number of benzene rings is 4. The number of fused-ring (bicyclic) bond motifs is 1. The fraction of sp³-hybridized carbons (Fsp3) is 0.342. The van der Waals surface area contributed by atoms with Crippen molar-refractivity contribution in [3.05, 3.63) is 130 Å². The maximum atomic E-state index is 13.8. The molecule has 2 aliphatic rings. The molecule has 216 valence electrons. The van der Waals surface area contributed by atoms with Crippen LogP contribution in [0.25, 0.3) is 11.1 Å². The Labute approximate surface area is 251 Å². The number of rotatable bonds is 9. The predicted molar refractivity (Wildman–Crippen MR) is 173 cm³/mol. The van der Waals surface area contributed by atoms with Crippen molar-refractivity contribution in [1.82, 2.24) is 15.5 Å². The van der Waals surface area contributed by atoms with Gasteiger partial charge in [0.25, 0.3) is 5.91 Å². The zero-order valence-corrected chi connectivity index (χ0v) is 25.0. The first-order valence-corrected chi connectivity index (χ1v) is 15.6. The predicted octanol–water partition coefficient (Wildman–Crippen LogP) is 7.13. The van der Waals surface area contributed by atoms with Gasteiger partial charge in [0.05, 0.1) is 0 Å². The van der Waals surface area contributed by atoms with E-state index in [4.69, 9.17) is 0 Å². The molecule has 4 heteroatoms. The van der Waals surface area contributed by atoms with E-state index in [2.05, 4.69) is 126 Å². The number of carbonyl (C=O) groups excluding carboxylic acids is 1. The number of nitrogens with zero attached hydrogens (tertiary/aromatic N) is 1. The Morgan fingerprint density at radius 3 is 2.26 bits per heavy atom. The van der Waals surface area contributed by atoms with Crippen molar-refractivity contribution in [3.8, 4) is 11.1 Å². The monoisotopic (exact) mass is 557 g/mol. The lowest BCUT2D eigenvalue weighted by molar-refractivity contribution is 0.0939. The topological polar surface area (TPSA) is 44.4 Å². The van der Waals surface area contributed by atoms with Crippen LogP contribution >= 0.6 is 0 Å². The van der Waals surface area contributed by atoms with Gasteiger partial charge < -0.3 is 10.6 Å². The van der Waals surface area contributed by atoms with Crippen molar-refractivity contribution in [1.29, 1.82) is 0 Å². The minimum atomic E-state index is 0.0125. The Kier molecular flexibility index (Phi) is 8.83. The van der Waals surface area contributed by atoms with Crippen molar-refractivity contribution < 1.29 is 4.79 Å². The first kappa shape index (κ1) is 28.4. The van der Waals surface area contributed by atoms with Crippen molar-refractivity contribution >= 4 is 5.91 Å². The lowest BCUT2D eigenvalue weighted by Crippen LogP contribution is -2.35. The van der Waals surface area contributed by atoms with Crippen molar-refractivity contribution in [2.24, 2.45) is 0 Å². The minimum absolute atomic E-state index is 0.0125. The van der Waals surface area contributed by atoms with Gasteiger partial charge in [-0.15, -0.1) is 0 Å². The van der Waals surface area contributed by atoms with E-state index in [-0.39, 0.29) is 11.9 Å². The maximum absolute atomic E-state index is 13.8. The molecule has 1 aliphatic carbocycles. The SMILES string of the molecule is CC(C)NCc1ccc(-c2ccc(CN3CCCC(c4ccccc4)C3)cc2)c(C(=O)NC2Cc3ccccc3C2)c1. The molecule has 1 heterocycles. The second-order valence-electron chi connectivity index (χ2n) is 12.4. The van der Waals surface area contributed by atoms with Gasteiger partial charge in [0.1, 0.15) is 0 Å². The number of piperidine rings is 1. The Bertz CT molecular complexity index is 1470. The quantitative estimate of drug-likeness (QED) is 0.230. The summed E-state index contributed by atoms with van der Waals surface area (Å²) in [5.41, 5.74) is 9.42. The molecule has 1 aliphatic heterocycles. The third kappa shape index (κ3) is 6.83. The number of hydrogen-bond acceptors (Lipinski definition) is 3. The van der Waals surface area contributed by atoms with Crippen LogP contribution in [0.5, 0.6) is 0 Å². The van der Waals surface area contributed by atoms with Gasteiger partial charge in [-0.1, -0.05) is 105 Å². The molecule has 1 fully saturated rings. The van der Waals surface area contributed by atoms with Gasteiger partial charge in [-0.2, -0.15) is 0 Å². The summed E-state index contributed by atoms with van der Waals surface area (Å²) in [6, 6.07) is 35.2. The van der Waals surface area contributed by atoms with Crippen LogP contribution in [-0.4, -0.2) is 36.0 Å². The normalized spacial score (nSPS) is 17.4. The summed E-state index contributed by atoms with van der Waals surface area (Å²) in [6.07, 6.45) is 4.28. The van der Waals surface area contributed by atoms with E-state index in [1.807, 2.05) is 0 Å². The molecule has 4 nitrogen and oxygen atoms in total. The molecule has 4 aromatic carbocycles. The molecule has 1 unspecified atom stereocenters. The summed E-state index contributed by atoms with van der Waals surface area (Å²) in [5, 5.41) is 6.86. The van der Waals surface area contributed by atoms with E-state index in [0.29, 0.717) is 12.0 Å². The standard InChI is InChI=1S/C38H43N3O/c1-27(2)39-24-29-16-19-36(37(21-29)38(42)40-35-22-32-11-6-7-12-33(32)23-35)31-17-14-28(15-18-31)25-41-20-8-13-34(26-41)30-9-4-3-5-10-30/h3-7,9-12,14-19,21,27,34-35,39H,8,13,20,22-26H2,1-2H3,(H,40,42). The summed E-state index contributed by atoms with van der Waals surface area (Å²) in [4.78, 5) is 16.4. The van der Waals surface area contributed by atoms with Gasteiger partial charge in [0.2, 0.25) is 0 Å². The maximum Gasteiger partial charge on any atom is 0.252 e. The lowest BCUT2D eigenvalue weighted by atomic mass is 9.90. The van der Waals surface area contributed by atoms with E-state index in [0.717, 1.165) is 61.3 Å². The van der Waals surface area contributed by atoms with Gasteiger partial charge in [-0.05, 0) is 83.2 Å². The summed E-state index contributed by atoms with van der Waals surface area (Å²) in [6.45, 7) is 8.24. The van der Waals surface area contributed by atoms with Crippen molar-refractivity contribution in [3.63, 3.8) is 0 Å². The molecular formula is C38H43N3O. The van der Waals surface area contributed by atoms with Crippen LogP contribution in [0.3, 0.4) is 0 Å². The van der Waals surface area contributed by atoms with E-state index in [1.165, 1.54) is 35.1 Å². The molecule has 1 saturated heterocycles. The summed E-state index contributed by atoms with van der Waals surface area (Å²) in [7, 11) is 0. The Morgan fingerprint density at radius 1 is 0.857 bits per heavy atom. The lowest BCUT2D eigenvalue weighted by Gasteiger charge is -2.33. The second kappa shape index (κ2) is 13.1. The molecule has 2 N–H and O–H groups in total. The summed E-state index contributed by atoms with van der Waals surface area (Å²) >= 11 is 0. The zero-order chi connectivity index (χ0) is 28.9. The van der Waals surface area contributed by atoms with Gasteiger partial charge >= 0.3 is 0 Å². The Morgan fingerprint density at radius 2 is 1.55 bits per heavy atom. The smallest absolute Gasteiger partial charge is 0.252 e. The fourth-order valence-electron chi connectivity index (χ4n) is 6.63. The molecule has 4 aromatic rings. The van der Waals surface area contributed by atoms with Gasteiger partial charge in [-0.25, -0.2) is 0 Å². The molecule has 0 bridgehead atoms. The van der Waals surface area contributed by atoms with Gasteiger partial charge in [-0.3, -0.25) is 9.69 Å². The number of likely N-dealkylation sites (tertiary alicyclic amines) is 1. The third-order valence-electron chi connectivity index (χ3n) is 8.88. The Balaban J connectivity index is 1.18. The third-order valence-corrected chi connectivity index (χ3v) is 8.88. The minimum Gasteiger partial charge on any atom is -0.349 e. The molecule has 6 rings (SSSR count). The molecule has 0 saturated carbocycles. The van der Waals surface area contributed by atoms with Gasteiger partial charge in [0.15, 0.2) is 0 Å². The van der Waals surface area contributed by atoms with Crippen molar-refractivity contribution in [2.45, 2.75) is 70.6 Å². The average Bonchev–Trinajstić information content (AvgIpc) is 3.43. The van der Waals surface area contributed by atoms with E-state index in [1.54, 1.807) is 0 Å². The number of nitrogens with one attached hydrogen (secondary N) is 2. The van der Waals surface area contributed by atoms with Crippen LogP contribution in [0.1, 0.15) is 70.8 Å². The van der Waals surface area contributed by atoms with Crippen LogP contribution < -0.4 is 10.6 Å². The van der Waals surface area contributed by atoms with Crippen LogP contribution in [0, 0.1) is 0 Å². The molecule has 1 atom stereocenters. The van der Waals surface area contributed by atoms with Crippen LogP contribution in [-0.2, 0) is 25.9 Å². The first-order valence-electron chi connectivity index (χ1n) is 15.6. The highest BCUT2D eigenvalue weighted by molar-refractivity contribution is 6.01. The van der Waals surface area contributed by atoms with Crippen molar-refractivity contribution in [2.75, 3.05) is 13.1 Å². The fourth-order valence-corrected chi connectivity index (χ4v) is 6.63. The highest BCUT2D eigenvalue weighted by Crippen LogP contribution is 2.30. The zero-order valence-electron chi connectivity index (χ0n) is 25.0. The average molecular weight is 558 g/mol. The number of hydrogen-bond donors (Lipinski definition) is 2. The molecule has 42 heavy (non-hydrogen) atoms. The summed E-state index contributed by atoms with van der Waals surface area (Å²) < 4.78 is 0. The molecule has 0 spiro atoms. The molecule has 0 aromatic heterocycles. The highest BCUT2D eigenvalue weighted by Gasteiger charge is 2.25. The molecule has 0 radical (unpaired) electrons. The largest absolute Gasteiger partial charge is 0.349 e. The molecular weight excluding hydrogens is 514 g/mol. The molecule has 1 amide bonds. The van der Waals surface area contributed by atoms with Gasteiger partial charge in [0, 0.05) is 37.3 Å². The number of carbonyl (C=O) groups is 1. The van der Waals surface area contributed by atoms with E-state index >= 15 is 0 Å². The van der Waals surface area contributed by atoms with E-state index < -0.39 is 0 Å². The van der Waals surface area contributed by atoms with Crippen LogP contribution in [0.15, 0.2) is 97.1 Å². The highest BCUT2D eigenvalue weighted by atomic mass is 16.1. The van der Waals surface area contributed by atoms with E-state index in [9.17, 15) is 4.79 Å². The summed E-state index contributed by atoms with van der Waals surface area (Å²) in [5.74, 6) is 0.621. The first-order chi connectivity index (χ1) is 20.5. The second-order valence-corrected chi connectivity index (χ2v) is 12.4.